The van der Waals surface area contributed by atoms with E-state index in [1.807, 2.05) is 6.07 Å². The van der Waals surface area contributed by atoms with Crippen molar-refractivity contribution < 1.29 is 8.78 Å². The second-order valence-electron chi connectivity index (χ2n) is 5.39. The van der Waals surface area contributed by atoms with Crippen LogP contribution in [0.15, 0.2) is 54.9 Å². The highest BCUT2D eigenvalue weighted by Crippen LogP contribution is 2.29. The zero-order chi connectivity index (χ0) is 18.1. The molecule has 0 aliphatic carbocycles. The number of nitriles is 1. The highest BCUT2D eigenvalue weighted by atomic mass is 19.3. The molecule has 4 aromatic heterocycles. The third kappa shape index (κ3) is 2.65. The van der Waals surface area contributed by atoms with Crippen LogP contribution in [0.5, 0.6) is 0 Å². The zero-order valence-electron chi connectivity index (χ0n) is 13.2. The van der Waals surface area contributed by atoms with Crippen molar-refractivity contribution in [3.05, 3.63) is 66.2 Å². The smallest absolute Gasteiger partial charge is 0.254 e. The molecule has 8 heteroatoms. The SMILES string of the molecule is N#Cc1cnc2ccc(-c3cccnc3-c3cccc(C(F)F)n3)nn12. The normalized spacial score (nSPS) is 11.0. The third-order valence-corrected chi connectivity index (χ3v) is 3.80. The summed E-state index contributed by atoms with van der Waals surface area (Å²) in [5, 5.41) is 13.6. The van der Waals surface area contributed by atoms with Crippen LogP contribution >= 0.6 is 0 Å². The second-order valence-corrected chi connectivity index (χ2v) is 5.39. The Morgan fingerprint density at radius 1 is 1.00 bits per heavy atom. The van der Waals surface area contributed by atoms with Crippen LogP contribution in [0.1, 0.15) is 17.8 Å². The van der Waals surface area contributed by atoms with Crippen molar-refractivity contribution in [1.29, 1.82) is 5.26 Å². The van der Waals surface area contributed by atoms with E-state index in [9.17, 15) is 8.78 Å². The maximum atomic E-state index is 13.0. The molecule has 0 amide bonds. The third-order valence-electron chi connectivity index (χ3n) is 3.80. The minimum absolute atomic E-state index is 0.296. The number of fused-ring (bicyclic) bond motifs is 1. The van der Waals surface area contributed by atoms with Crippen LogP contribution in [0.3, 0.4) is 0 Å². The van der Waals surface area contributed by atoms with Gasteiger partial charge in [-0.15, -0.1) is 0 Å². The van der Waals surface area contributed by atoms with E-state index in [2.05, 4.69) is 20.1 Å². The minimum atomic E-state index is -2.67. The lowest BCUT2D eigenvalue weighted by molar-refractivity contribution is 0.146. The lowest BCUT2D eigenvalue weighted by Gasteiger charge is -2.09. The van der Waals surface area contributed by atoms with Gasteiger partial charge in [0.05, 0.1) is 23.3 Å². The Bertz CT molecular complexity index is 1150. The molecular weight excluding hydrogens is 338 g/mol. The summed E-state index contributed by atoms with van der Waals surface area (Å²) < 4.78 is 27.4. The van der Waals surface area contributed by atoms with Gasteiger partial charge in [0.1, 0.15) is 11.8 Å². The van der Waals surface area contributed by atoms with Gasteiger partial charge in [-0.1, -0.05) is 6.07 Å². The molecule has 0 spiro atoms. The summed E-state index contributed by atoms with van der Waals surface area (Å²) in [4.78, 5) is 12.4. The van der Waals surface area contributed by atoms with Crippen molar-refractivity contribution in [2.24, 2.45) is 0 Å². The Morgan fingerprint density at radius 2 is 1.88 bits per heavy atom. The number of alkyl halides is 2. The molecule has 6 nitrogen and oxygen atoms in total. The van der Waals surface area contributed by atoms with Gasteiger partial charge in [-0.3, -0.25) is 4.98 Å². The number of hydrogen-bond acceptors (Lipinski definition) is 5. The fourth-order valence-corrected chi connectivity index (χ4v) is 2.61. The average Bonchev–Trinajstić information content (AvgIpc) is 3.10. The molecule has 0 N–H and O–H groups in total. The van der Waals surface area contributed by atoms with Gasteiger partial charge in [0.25, 0.3) is 6.43 Å². The summed E-state index contributed by atoms with van der Waals surface area (Å²) in [7, 11) is 0. The number of aromatic nitrogens is 5. The number of imidazole rings is 1. The van der Waals surface area contributed by atoms with Crippen LogP contribution < -0.4 is 0 Å². The summed E-state index contributed by atoms with van der Waals surface area (Å²) >= 11 is 0. The molecule has 0 fully saturated rings. The highest BCUT2D eigenvalue weighted by molar-refractivity contribution is 5.77. The molecule has 0 aromatic carbocycles. The van der Waals surface area contributed by atoms with E-state index >= 15 is 0 Å². The molecule has 4 rings (SSSR count). The molecule has 0 radical (unpaired) electrons. The number of hydrogen-bond donors (Lipinski definition) is 0. The fraction of sp³-hybridized carbons (Fsp3) is 0.0556. The first-order chi connectivity index (χ1) is 12.7. The highest BCUT2D eigenvalue weighted by Gasteiger charge is 2.15. The van der Waals surface area contributed by atoms with Crippen molar-refractivity contribution in [3.8, 4) is 28.7 Å². The zero-order valence-corrected chi connectivity index (χ0v) is 13.2. The standard InChI is InChI=1S/C18H10F2N6/c19-18(20)15-5-1-4-14(24-15)17-12(3-2-8-22-17)13-6-7-16-23-10-11(9-21)26(16)25-13/h1-8,10,18H. The second kappa shape index (κ2) is 6.29. The van der Waals surface area contributed by atoms with Crippen molar-refractivity contribution in [1.82, 2.24) is 24.6 Å². The average molecular weight is 348 g/mol. The van der Waals surface area contributed by atoms with Crippen molar-refractivity contribution in [2.75, 3.05) is 0 Å². The van der Waals surface area contributed by atoms with Crippen LogP contribution in [0.2, 0.25) is 0 Å². The minimum Gasteiger partial charge on any atom is -0.254 e. The molecule has 0 bridgehead atoms. The Morgan fingerprint density at radius 3 is 2.69 bits per heavy atom. The molecule has 0 atom stereocenters. The quantitative estimate of drug-likeness (QED) is 0.564. The molecule has 0 unspecified atom stereocenters. The lowest BCUT2D eigenvalue weighted by Crippen LogP contribution is -2.00. The molecule has 0 aliphatic rings. The Labute approximate surface area is 146 Å². The van der Waals surface area contributed by atoms with Crippen molar-refractivity contribution in [2.45, 2.75) is 6.43 Å². The Kier molecular flexibility index (Phi) is 3.82. The van der Waals surface area contributed by atoms with E-state index in [1.165, 1.54) is 22.8 Å². The molecule has 0 aliphatic heterocycles. The Balaban J connectivity index is 1.89. The van der Waals surface area contributed by atoms with Crippen LogP contribution in [0.25, 0.3) is 28.3 Å². The first-order valence-electron chi connectivity index (χ1n) is 7.63. The summed E-state index contributed by atoms with van der Waals surface area (Å²) in [6.07, 6.45) is 0.330. The summed E-state index contributed by atoms with van der Waals surface area (Å²) in [5.41, 5.74) is 2.42. The van der Waals surface area contributed by atoms with Gasteiger partial charge < -0.3 is 0 Å². The summed E-state index contributed by atoms with van der Waals surface area (Å²) in [6.45, 7) is 0. The molecule has 26 heavy (non-hydrogen) atoms. The number of nitrogens with zero attached hydrogens (tertiary/aromatic N) is 6. The monoisotopic (exact) mass is 348 g/mol. The van der Waals surface area contributed by atoms with Gasteiger partial charge in [-0.25, -0.2) is 23.3 Å². The van der Waals surface area contributed by atoms with Crippen LogP contribution in [0, 0.1) is 11.3 Å². The Hall–Kier alpha value is -3.73. The maximum Gasteiger partial charge on any atom is 0.280 e. The largest absolute Gasteiger partial charge is 0.280 e. The number of halogens is 2. The maximum absolute atomic E-state index is 13.0. The van der Waals surface area contributed by atoms with Gasteiger partial charge in [0.2, 0.25) is 0 Å². The van der Waals surface area contributed by atoms with Crippen molar-refractivity contribution in [3.63, 3.8) is 0 Å². The number of pyridine rings is 2. The lowest BCUT2D eigenvalue weighted by atomic mass is 10.1. The molecule has 126 valence electrons. The fourth-order valence-electron chi connectivity index (χ4n) is 2.61. The van der Waals surface area contributed by atoms with Gasteiger partial charge >= 0.3 is 0 Å². The molecule has 4 aromatic rings. The van der Waals surface area contributed by atoms with Gasteiger partial charge in [0, 0.05) is 11.8 Å². The summed E-state index contributed by atoms with van der Waals surface area (Å²) in [5.74, 6) is 0. The molecular formula is C18H10F2N6. The first-order valence-corrected chi connectivity index (χ1v) is 7.63. The molecule has 4 heterocycles. The predicted octanol–water partition coefficient (Wildman–Crippen LogP) is 3.66. The topological polar surface area (TPSA) is 79.8 Å². The van der Waals surface area contributed by atoms with Gasteiger partial charge in [0.15, 0.2) is 11.3 Å². The van der Waals surface area contributed by atoms with E-state index < -0.39 is 6.43 Å². The molecule has 0 saturated heterocycles. The molecule has 0 saturated carbocycles. The van der Waals surface area contributed by atoms with E-state index in [0.717, 1.165) is 0 Å². The van der Waals surface area contributed by atoms with Crippen LogP contribution in [-0.4, -0.2) is 24.6 Å². The van der Waals surface area contributed by atoms with E-state index in [-0.39, 0.29) is 5.69 Å². The van der Waals surface area contributed by atoms with E-state index in [0.29, 0.717) is 34.0 Å². The first kappa shape index (κ1) is 15.8. The summed E-state index contributed by atoms with van der Waals surface area (Å²) in [6, 6.07) is 13.4. The number of rotatable bonds is 3. The van der Waals surface area contributed by atoms with E-state index in [4.69, 9.17) is 5.26 Å². The predicted molar refractivity (Wildman–Crippen MR) is 89.1 cm³/mol. The van der Waals surface area contributed by atoms with Crippen LogP contribution in [0.4, 0.5) is 8.78 Å². The van der Waals surface area contributed by atoms with Gasteiger partial charge in [-0.2, -0.15) is 10.4 Å². The van der Waals surface area contributed by atoms with Crippen molar-refractivity contribution >= 4 is 5.65 Å². The van der Waals surface area contributed by atoms with Crippen LogP contribution in [-0.2, 0) is 0 Å². The van der Waals surface area contributed by atoms with E-state index in [1.54, 1.807) is 36.5 Å². The van der Waals surface area contributed by atoms with Gasteiger partial charge in [-0.05, 0) is 36.4 Å².